The van der Waals surface area contributed by atoms with E-state index in [0.717, 1.165) is 44.2 Å². The highest BCUT2D eigenvalue weighted by Gasteiger charge is 2.45. The molecule has 176 valence electrons. The summed E-state index contributed by atoms with van der Waals surface area (Å²) in [5.41, 5.74) is 0.950. The van der Waals surface area contributed by atoms with E-state index in [0.29, 0.717) is 11.6 Å². The van der Waals surface area contributed by atoms with Gasteiger partial charge >= 0.3 is 0 Å². The smallest absolute Gasteiger partial charge is 0.255 e. The predicted octanol–water partition coefficient (Wildman–Crippen LogP) is 2.62. The largest absolute Gasteiger partial charge is 0.486 e. The zero-order chi connectivity index (χ0) is 22.7. The molecule has 1 aromatic carbocycles. The number of likely N-dealkylation sites (tertiary alicyclic amines) is 1. The minimum absolute atomic E-state index is 0.0465. The average molecular weight is 456 g/mol. The third-order valence-corrected chi connectivity index (χ3v) is 8.22. The Morgan fingerprint density at radius 2 is 1.76 bits per heavy atom. The van der Waals surface area contributed by atoms with E-state index in [1.54, 1.807) is 6.07 Å². The van der Waals surface area contributed by atoms with Crippen LogP contribution in [0.25, 0.3) is 0 Å². The molecule has 0 spiro atoms. The van der Waals surface area contributed by atoms with Crippen molar-refractivity contribution in [2.75, 3.05) is 13.1 Å². The Balaban J connectivity index is 1.17. The van der Waals surface area contributed by atoms with Crippen molar-refractivity contribution < 1.29 is 23.5 Å². The van der Waals surface area contributed by atoms with Gasteiger partial charge in [0.25, 0.3) is 5.91 Å². The number of benzene rings is 1. The monoisotopic (exact) mass is 455 g/mol. The van der Waals surface area contributed by atoms with Crippen LogP contribution >= 0.6 is 0 Å². The second-order valence-electron chi connectivity index (χ2n) is 10.4. The summed E-state index contributed by atoms with van der Waals surface area (Å²) in [4.78, 5) is 40.6. The van der Waals surface area contributed by atoms with Crippen LogP contribution in [0.3, 0.4) is 0 Å². The number of amides is 3. The van der Waals surface area contributed by atoms with Crippen molar-refractivity contribution in [1.82, 2.24) is 15.1 Å². The Bertz CT molecular complexity index is 1000. The summed E-state index contributed by atoms with van der Waals surface area (Å²) in [6, 6.07) is 2.51. The zero-order valence-corrected chi connectivity index (χ0v) is 18.7. The predicted molar refractivity (Wildman–Crippen MR) is 117 cm³/mol. The second kappa shape index (κ2) is 8.08. The van der Waals surface area contributed by atoms with E-state index < -0.39 is 17.8 Å². The number of carbonyl (C=O) groups is 3. The van der Waals surface area contributed by atoms with E-state index in [9.17, 15) is 14.4 Å². The first-order valence-electron chi connectivity index (χ1n) is 12.4. The summed E-state index contributed by atoms with van der Waals surface area (Å²) >= 11 is 0. The molecule has 4 fully saturated rings. The molecule has 33 heavy (non-hydrogen) atoms. The quantitative estimate of drug-likeness (QED) is 0.691. The summed E-state index contributed by atoms with van der Waals surface area (Å²) < 4.78 is 21.3. The Labute approximate surface area is 192 Å². The van der Waals surface area contributed by atoms with Crippen LogP contribution in [0.15, 0.2) is 12.1 Å². The molecular formula is C25H30FN3O4. The fourth-order valence-corrected chi connectivity index (χ4v) is 6.14. The molecule has 0 radical (unpaired) electrons. The molecule has 1 N–H and O–H groups in total. The molecule has 7 nitrogen and oxygen atoms in total. The van der Waals surface area contributed by atoms with Gasteiger partial charge in [-0.1, -0.05) is 6.42 Å². The Hall–Kier alpha value is -2.48. The van der Waals surface area contributed by atoms with Gasteiger partial charge in [0, 0.05) is 37.7 Å². The van der Waals surface area contributed by atoms with Gasteiger partial charge in [0.1, 0.15) is 12.1 Å². The number of hydrogen-bond donors (Lipinski definition) is 1. The highest BCUT2D eigenvalue weighted by molar-refractivity contribution is 6.05. The van der Waals surface area contributed by atoms with Gasteiger partial charge in [0.15, 0.2) is 11.6 Å². The number of halogens is 1. The number of hydrogen-bond acceptors (Lipinski definition) is 5. The van der Waals surface area contributed by atoms with Crippen LogP contribution in [0.2, 0.25) is 0 Å². The van der Waals surface area contributed by atoms with Crippen LogP contribution in [-0.2, 0) is 16.1 Å². The molecule has 8 heteroatoms. The molecular weight excluding hydrogens is 425 g/mol. The molecule has 3 atom stereocenters. The Kier molecular flexibility index (Phi) is 5.16. The number of nitrogens with one attached hydrogen (secondary N) is 1. The number of carbonyl (C=O) groups excluding carboxylic acids is 3. The van der Waals surface area contributed by atoms with Crippen LogP contribution in [0, 0.1) is 17.7 Å². The van der Waals surface area contributed by atoms with Crippen molar-refractivity contribution in [3.8, 4) is 5.75 Å². The lowest BCUT2D eigenvalue weighted by Gasteiger charge is -2.48. The van der Waals surface area contributed by atoms with Crippen LogP contribution in [0.1, 0.15) is 67.3 Å². The maximum absolute atomic E-state index is 15.0. The van der Waals surface area contributed by atoms with Gasteiger partial charge in [-0.2, -0.15) is 0 Å². The number of rotatable bonds is 5. The second-order valence-corrected chi connectivity index (χ2v) is 10.4. The lowest BCUT2D eigenvalue weighted by Crippen LogP contribution is -2.58. The van der Waals surface area contributed by atoms with E-state index in [4.69, 9.17) is 4.74 Å². The lowest BCUT2D eigenvalue weighted by atomic mass is 9.85. The molecule has 2 saturated carbocycles. The molecule has 3 amide bonds. The van der Waals surface area contributed by atoms with E-state index in [2.05, 4.69) is 10.2 Å². The number of nitrogens with zero attached hydrogens (tertiary/aromatic N) is 2. The number of piperidine rings is 1. The lowest BCUT2D eigenvalue weighted by molar-refractivity contribution is -0.136. The molecule has 2 saturated heterocycles. The molecule has 1 unspecified atom stereocenters. The SMILES string of the molecule is O=C1CCC(N2Cc3cc(O[C@@H]4CCCC[C@@H]4N4CC(C5CC5)C4)c(F)cc3C2=O)C(=O)N1. The molecule has 6 rings (SSSR count). The van der Waals surface area contributed by atoms with Gasteiger partial charge in [-0.05, 0) is 68.1 Å². The van der Waals surface area contributed by atoms with Crippen LogP contribution in [0.5, 0.6) is 5.75 Å². The van der Waals surface area contributed by atoms with Gasteiger partial charge in [-0.15, -0.1) is 0 Å². The van der Waals surface area contributed by atoms with Crippen molar-refractivity contribution in [2.45, 2.75) is 76.1 Å². The van der Waals surface area contributed by atoms with Crippen molar-refractivity contribution in [1.29, 1.82) is 0 Å². The maximum Gasteiger partial charge on any atom is 0.255 e. The Morgan fingerprint density at radius 3 is 2.52 bits per heavy atom. The third-order valence-electron chi connectivity index (χ3n) is 8.22. The average Bonchev–Trinajstić information content (AvgIpc) is 3.54. The minimum Gasteiger partial charge on any atom is -0.486 e. The van der Waals surface area contributed by atoms with Crippen LogP contribution < -0.4 is 10.1 Å². The van der Waals surface area contributed by atoms with E-state index in [-0.39, 0.29) is 48.6 Å². The molecule has 1 aromatic rings. The molecule has 0 bridgehead atoms. The van der Waals surface area contributed by atoms with E-state index in [1.165, 1.54) is 30.2 Å². The Morgan fingerprint density at radius 1 is 0.970 bits per heavy atom. The summed E-state index contributed by atoms with van der Waals surface area (Å²) in [5, 5.41) is 2.30. The fraction of sp³-hybridized carbons (Fsp3) is 0.640. The van der Waals surface area contributed by atoms with Crippen molar-refractivity contribution in [2.24, 2.45) is 11.8 Å². The first-order chi connectivity index (χ1) is 16.0. The molecule has 0 aromatic heterocycles. The van der Waals surface area contributed by atoms with Gasteiger partial charge in [-0.3, -0.25) is 24.6 Å². The molecule has 3 heterocycles. The van der Waals surface area contributed by atoms with Gasteiger partial charge in [0.2, 0.25) is 11.8 Å². The maximum atomic E-state index is 15.0. The zero-order valence-electron chi connectivity index (χ0n) is 18.7. The summed E-state index contributed by atoms with van der Waals surface area (Å²) in [7, 11) is 0. The standard InChI is InChI=1S/C25H30FN3O4/c26-18-10-17-15(13-29(25(17)32)20-7-8-23(30)27-24(20)31)9-22(18)33-21-4-2-1-3-19(21)28-11-16(12-28)14-5-6-14/h9-10,14,16,19-21H,1-8,11-13H2,(H,27,30,31)/t19-,20?,21+/m0/s1. The highest BCUT2D eigenvalue weighted by Crippen LogP contribution is 2.43. The van der Waals surface area contributed by atoms with Gasteiger partial charge in [0.05, 0.1) is 0 Å². The fourth-order valence-electron chi connectivity index (χ4n) is 6.14. The number of ether oxygens (including phenoxy) is 1. The summed E-state index contributed by atoms with van der Waals surface area (Å²) in [6.07, 6.45) is 7.43. The van der Waals surface area contributed by atoms with Crippen molar-refractivity contribution in [3.05, 3.63) is 29.1 Å². The number of imide groups is 1. The molecule has 3 aliphatic heterocycles. The van der Waals surface area contributed by atoms with Gasteiger partial charge < -0.3 is 9.64 Å². The summed E-state index contributed by atoms with van der Waals surface area (Å²) in [5.74, 6) is 0.256. The van der Waals surface area contributed by atoms with E-state index >= 15 is 4.39 Å². The third kappa shape index (κ3) is 3.82. The van der Waals surface area contributed by atoms with Crippen LogP contribution in [0.4, 0.5) is 4.39 Å². The highest BCUT2D eigenvalue weighted by atomic mass is 19.1. The van der Waals surface area contributed by atoms with Crippen molar-refractivity contribution in [3.63, 3.8) is 0 Å². The first kappa shape index (κ1) is 21.1. The van der Waals surface area contributed by atoms with E-state index in [1.807, 2.05) is 0 Å². The topological polar surface area (TPSA) is 79.0 Å². The summed E-state index contributed by atoms with van der Waals surface area (Å²) in [6.45, 7) is 2.49. The molecule has 5 aliphatic rings. The van der Waals surface area contributed by atoms with Crippen molar-refractivity contribution >= 4 is 17.7 Å². The molecule has 2 aliphatic carbocycles. The minimum atomic E-state index is -0.705. The first-order valence-corrected chi connectivity index (χ1v) is 12.4. The van der Waals surface area contributed by atoms with Gasteiger partial charge in [-0.25, -0.2) is 4.39 Å². The normalized spacial score (nSPS) is 30.8. The number of fused-ring (bicyclic) bond motifs is 1. The van der Waals surface area contributed by atoms with Crippen LogP contribution in [-0.4, -0.2) is 58.8 Å².